The van der Waals surface area contributed by atoms with E-state index in [-0.39, 0.29) is 18.6 Å². The lowest BCUT2D eigenvalue weighted by atomic mass is 9.93. The second kappa shape index (κ2) is 6.53. The molecular formula is C14H26N2O2. The molecule has 4 nitrogen and oxygen atoms in total. The van der Waals surface area contributed by atoms with E-state index in [0.29, 0.717) is 5.92 Å². The molecule has 0 bridgehead atoms. The van der Waals surface area contributed by atoms with Gasteiger partial charge in [-0.15, -0.1) is 0 Å². The molecule has 2 aliphatic rings. The van der Waals surface area contributed by atoms with Gasteiger partial charge in [0, 0.05) is 20.2 Å². The Balaban J connectivity index is 1.76. The first-order valence-corrected chi connectivity index (χ1v) is 7.33. The first kappa shape index (κ1) is 13.8. The van der Waals surface area contributed by atoms with Crippen LogP contribution in [0.2, 0.25) is 0 Å². The van der Waals surface area contributed by atoms with Gasteiger partial charge in [-0.2, -0.15) is 0 Å². The lowest BCUT2D eigenvalue weighted by Gasteiger charge is -2.24. The Hall–Kier alpha value is -0.610. The van der Waals surface area contributed by atoms with Gasteiger partial charge in [0.2, 0.25) is 5.91 Å². The number of rotatable bonds is 6. The molecule has 1 saturated carbocycles. The topological polar surface area (TPSA) is 52.6 Å². The number of hydrogen-bond acceptors (Lipinski definition) is 3. The zero-order valence-electron chi connectivity index (χ0n) is 11.4. The van der Waals surface area contributed by atoms with Gasteiger partial charge in [-0.3, -0.25) is 4.79 Å². The van der Waals surface area contributed by atoms with Gasteiger partial charge in [0.15, 0.2) is 0 Å². The van der Waals surface area contributed by atoms with Crippen molar-refractivity contribution in [2.75, 3.05) is 26.7 Å². The normalized spacial score (nSPS) is 30.4. The van der Waals surface area contributed by atoms with Crippen molar-refractivity contribution in [3.8, 4) is 0 Å². The summed E-state index contributed by atoms with van der Waals surface area (Å²) in [5, 5.41) is 12.1. The van der Waals surface area contributed by atoms with Crippen molar-refractivity contribution in [2.24, 2.45) is 11.8 Å². The smallest absolute Gasteiger partial charge is 0.239 e. The molecule has 1 amide bonds. The number of amides is 1. The van der Waals surface area contributed by atoms with Gasteiger partial charge in [-0.25, -0.2) is 0 Å². The van der Waals surface area contributed by atoms with Gasteiger partial charge in [-0.1, -0.05) is 6.42 Å². The lowest BCUT2D eigenvalue weighted by molar-refractivity contribution is -0.132. The van der Waals surface area contributed by atoms with Gasteiger partial charge >= 0.3 is 0 Å². The summed E-state index contributed by atoms with van der Waals surface area (Å²) in [6, 6.07) is 0.0698. The molecule has 0 aromatic rings. The maximum Gasteiger partial charge on any atom is 0.239 e. The molecule has 3 unspecified atom stereocenters. The second-order valence-electron chi connectivity index (χ2n) is 5.78. The number of likely N-dealkylation sites (N-methyl/N-ethyl adjacent to an activating group) is 1. The average molecular weight is 254 g/mol. The molecule has 3 atom stereocenters. The summed E-state index contributed by atoms with van der Waals surface area (Å²) in [6.45, 7) is 2.10. The monoisotopic (exact) mass is 254 g/mol. The third-order valence-electron chi connectivity index (χ3n) is 4.54. The Labute approximate surface area is 110 Å². The number of aliphatic hydroxyl groups excluding tert-OH is 1. The first-order valence-electron chi connectivity index (χ1n) is 7.33. The Morgan fingerprint density at radius 1 is 1.33 bits per heavy atom. The fourth-order valence-corrected chi connectivity index (χ4v) is 3.44. The number of nitrogens with one attached hydrogen (secondary N) is 1. The molecular weight excluding hydrogens is 228 g/mol. The van der Waals surface area contributed by atoms with E-state index >= 15 is 0 Å². The van der Waals surface area contributed by atoms with Crippen LogP contribution in [0.3, 0.4) is 0 Å². The van der Waals surface area contributed by atoms with E-state index in [9.17, 15) is 4.79 Å². The minimum Gasteiger partial charge on any atom is -0.396 e. The molecule has 1 saturated heterocycles. The highest BCUT2D eigenvalue weighted by Crippen LogP contribution is 2.38. The highest BCUT2D eigenvalue weighted by molar-refractivity contribution is 5.82. The first-order chi connectivity index (χ1) is 8.74. The summed E-state index contributed by atoms with van der Waals surface area (Å²) >= 11 is 0. The van der Waals surface area contributed by atoms with Crippen LogP contribution in [0.15, 0.2) is 0 Å². The standard InChI is InChI=1S/C14H26N2O2/c1-16(8-3-2-4-9-17)14(18)13-12-7-5-6-11(12)10-15-13/h11-13,15,17H,2-10H2,1H3. The van der Waals surface area contributed by atoms with Gasteiger partial charge in [0.1, 0.15) is 0 Å². The quantitative estimate of drug-likeness (QED) is 0.695. The molecule has 0 spiro atoms. The highest BCUT2D eigenvalue weighted by atomic mass is 16.2. The van der Waals surface area contributed by atoms with E-state index in [4.69, 9.17) is 5.11 Å². The van der Waals surface area contributed by atoms with Crippen LogP contribution in [0, 0.1) is 11.8 Å². The third kappa shape index (κ3) is 3.04. The van der Waals surface area contributed by atoms with Crippen molar-refractivity contribution in [2.45, 2.75) is 44.6 Å². The summed E-state index contributed by atoms with van der Waals surface area (Å²) < 4.78 is 0. The molecule has 0 aromatic carbocycles. The summed E-state index contributed by atoms with van der Waals surface area (Å²) in [5.41, 5.74) is 0. The largest absolute Gasteiger partial charge is 0.396 e. The predicted molar refractivity (Wildman–Crippen MR) is 71.2 cm³/mol. The molecule has 2 rings (SSSR count). The van der Waals surface area contributed by atoms with Gasteiger partial charge in [0.05, 0.1) is 6.04 Å². The molecule has 18 heavy (non-hydrogen) atoms. The summed E-state index contributed by atoms with van der Waals surface area (Å²) in [7, 11) is 1.91. The number of carbonyl (C=O) groups is 1. The van der Waals surface area contributed by atoms with E-state index in [0.717, 1.165) is 38.3 Å². The molecule has 2 fully saturated rings. The predicted octanol–water partition coefficient (Wildman–Crippen LogP) is 0.995. The van der Waals surface area contributed by atoms with E-state index in [1.54, 1.807) is 0 Å². The molecule has 1 aliphatic carbocycles. The lowest BCUT2D eigenvalue weighted by Crippen LogP contribution is -2.45. The number of hydrogen-bond donors (Lipinski definition) is 2. The number of nitrogens with zero attached hydrogens (tertiary/aromatic N) is 1. The van der Waals surface area contributed by atoms with E-state index in [2.05, 4.69) is 5.32 Å². The van der Waals surface area contributed by atoms with E-state index in [1.165, 1.54) is 19.3 Å². The molecule has 104 valence electrons. The van der Waals surface area contributed by atoms with Crippen molar-refractivity contribution in [1.82, 2.24) is 10.2 Å². The number of carbonyl (C=O) groups excluding carboxylic acids is 1. The van der Waals surface area contributed by atoms with Crippen LogP contribution in [0.5, 0.6) is 0 Å². The van der Waals surface area contributed by atoms with Crippen molar-refractivity contribution in [3.05, 3.63) is 0 Å². The minimum absolute atomic E-state index is 0.0698. The molecule has 4 heteroatoms. The molecule has 1 heterocycles. The molecule has 2 N–H and O–H groups in total. The SMILES string of the molecule is CN(CCCCCO)C(=O)C1NCC2CCCC21. The van der Waals surface area contributed by atoms with Crippen LogP contribution in [-0.4, -0.2) is 48.7 Å². The zero-order chi connectivity index (χ0) is 13.0. The van der Waals surface area contributed by atoms with Gasteiger partial charge in [0.25, 0.3) is 0 Å². The number of aliphatic hydroxyl groups is 1. The van der Waals surface area contributed by atoms with Gasteiger partial charge in [-0.05, 0) is 50.5 Å². The Bertz CT molecular complexity index is 283. The van der Waals surface area contributed by atoms with Crippen LogP contribution in [0.4, 0.5) is 0 Å². The molecule has 1 aliphatic heterocycles. The second-order valence-corrected chi connectivity index (χ2v) is 5.78. The fraction of sp³-hybridized carbons (Fsp3) is 0.929. The summed E-state index contributed by atoms with van der Waals surface area (Å²) in [6.07, 6.45) is 6.63. The third-order valence-corrected chi connectivity index (χ3v) is 4.54. The van der Waals surface area contributed by atoms with Crippen LogP contribution >= 0.6 is 0 Å². The van der Waals surface area contributed by atoms with Crippen molar-refractivity contribution >= 4 is 5.91 Å². The van der Waals surface area contributed by atoms with Crippen molar-refractivity contribution in [3.63, 3.8) is 0 Å². The average Bonchev–Trinajstić information content (AvgIpc) is 2.95. The Kier molecular flexibility index (Phi) is 5.01. The maximum absolute atomic E-state index is 12.4. The zero-order valence-corrected chi connectivity index (χ0v) is 11.4. The van der Waals surface area contributed by atoms with Crippen LogP contribution in [0.1, 0.15) is 38.5 Å². The van der Waals surface area contributed by atoms with Crippen molar-refractivity contribution in [1.29, 1.82) is 0 Å². The summed E-state index contributed by atoms with van der Waals surface area (Å²) in [4.78, 5) is 14.2. The highest BCUT2D eigenvalue weighted by Gasteiger charge is 2.43. The van der Waals surface area contributed by atoms with Crippen LogP contribution in [-0.2, 0) is 4.79 Å². The number of fused-ring (bicyclic) bond motifs is 1. The molecule has 0 radical (unpaired) electrons. The van der Waals surface area contributed by atoms with Gasteiger partial charge < -0.3 is 15.3 Å². The Morgan fingerprint density at radius 3 is 2.94 bits per heavy atom. The van der Waals surface area contributed by atoms with Crippen molar-refractivity contribution < 1.29 is 9.90 Å². The Morgan fingerprint density at radius 2 is 2.17 bits per heavy atom. The van der Waals surface area contributed by atoms with E-state index in [1.807, 2.05) is 11.9 Å². The fourth-order valence-electron chi connectivity index (χ4n) is 3.44. The summed E-state index contributed by atoms with van der Waals surface area (Å²) in [5.74, 6) is 1.59. The van der Waals surface area contributed by atoms with Crippen LogP contribution in [0.25, 0.3) is 0 Å². The number of unbranched alkanes of at least 4 members (excludes halogenated alkanes) is 2. The minimum atomic E-state index is 0.0698. The van der Waals surface area contributed by atoms with E-state index < -0.39 is 0 Å². The van der Waals surface area contributed by atoms with Crippen LogP contribution < -0.4 is 5.32 Å². The molecule has 0 aromatic heterocycles. The maximum atomic E-state index is 12.4.